The zero-order chi connectivity index (χ0) is 14.9. The first-order valence-electron chi connectivity index (χ1n) is 6.44. The Labute approximate surface area is 123 Å². The number of hydrogen-bond acceptors (Lipinski definition) is 4. The zero-order valence-corrected chi connectivity index (χ0v) is 13.7. The van der Waals surface area contributed by atoms with E-state index in [4.69, 9.17) is 0 Å². The van der Waals surface area contributed by atoms with Gasteiger partial charge < -0.3 is 4.98 Å². The van der Waals surface area contributed by atoms with Crippen LogP contribution in [0.25, 0.3) is 0 Å². The maximum atomic E-state index is 12.5. The number of thiophene rings is 1. The van der Waals surface area contributed by atoms with Crippen molar-refractivity contribution in [2.45, 2.75) is 38.3 Å². The first kappa shape index (κ1) is 15.2. The second kappa shape index (κ2) is 5.67. The van der Waals surface area contributed by atoms with E-state index >= 15 is 0 Å². The molecule has 1 atom stereocenters. The summed E-state index contributed by atoms with van der Waals surface area (Å²) in [4.78, 5) is 9.12. The van der Waals surface area contributed by atoms with Crippen LogP contribution in [0.3, 0.4) is 0 Å². The fourth-order valence-corrected chi connectivity index (χ4v) is 4.19. The monoisotopic (exact) mass is 313 g/mol. The number of aromatic nitrogens is 2. The number of aryl methyl sites for hydroxylation is 2. The quantitative estimate of drug-likeness (QED) is 0.923. The van der Waals surface area contributed by atoms with Crippen molar-refractivity contribution in [2.24, 2.45) is 0 Å². The van der Waals surface area contributed by atoms with E-state index < -0.39 is 10.0 Å². The molecule has 0 saturated carbocycles. The zero-order valence-electron chi connectivity index (χ0n) is 12.0. The second-order valence-corrected chi connectivity index (χ2v) is 7.98. The highest BCUT2D eigenvalue weighted by Gasteiger charge is 2.28. The fraction of sp³-hybridized carbons (Fsp3) is 0.462. The van der Waals surface area contributed by atoms with E-state index in [0.717, 1.165) is 4.88 Å². The average Bonchev–Trinajstić information content (AvgIpc) is 3.05. The van der Waals surface area contributed by atoms with Crippen LogP contribution in [0.4, 0.5) is 0 Å². The maximum absolute atomic E-state index is 12.5. The molecule has 0 aliphatic rings. The summed E-state index contributed by atoms with van der Waals surface area (Å²) in [6.07, 6.45) is 2.07. The molecule has 0 aliphatic carbocycles. The molecule has 5 nitrogen and oxygen atoms in total. The minimum absolute atomic E-state index is 0.150. The van der Waals surface area contributed by atoms with Gasteiger partial charge in [-0.3, -0.25) is 0 Å². The van der Waals surface area contributed by atoms with Gasteiger partial charge in [0.1, 0.15) is 5.82 Å². The molecule has 1 N–H and O–H groups in total. The summed E-state index contributed by atoms with van der Waals surface area (Å²) in [7, 11) is -1.95. The number of rotatable bonds is 5. The summed E-state index contributed by atoms with van der Waals surface area (Å²) >= 11 is 1.61. The molecule has 0 fully saturated rings. The highest BCUT2D eigenvalue weighted by molar-refractivity contribution is 7.89. The van der Waals surface area contributed by atoms with E-state index in [-0.39, 0.29) is 11.1 Å². The number of H-pyrrole nitrogens is 1. The Bertz CT molecular complexity index is 688. The summed E-state index contributed by atoms with van der Waals surface area (Å²) in [5.74, 6) is 0.677. The lowest BCUT2D eigenvalue weighted by molar-refractivity contribution is 0.401. The molecule has 0 radical (unpaired) electrons. The Hall–Kier alpha value is -1.18. The molecule has 0 saturated heterocycles. The molecule has 0 bridgehead atoms. The molecule has 110 valence electrons. The van der Waals surface area contributed by atoms with E-state index in [0.29, 0.717) is 12.2 Å². The summed E-state index contributed by atoms with van der Waals surface area (Å²) in [5, 5.41) is 0.150. The number of imidazole rings is 1. The third kappa shape index (κ3) is 2.79. The topological polar surface area (TPSA) is 66.1 Å². The molecular weight excluding hydrogens is 294 g/mol. The first-order chi connectivity index (χ1) is 9.36. The van der Waals surface area contributed by atoms with Gasteiger partial charge >= 0.3 is 0 Å². The summed E-state index contributed by atoms with van der Waals surface area (Å²) in [6, 6.07) is 3.77. The summed E-state index contributed by atoms with van der Waals surface area (Å²) < 4.78 is 26.5. The number of nitrogens with zero attached hydrogens (tertiary/aromatic N) is 2. The number of hydrogen-bond donors (Lipinski definition) is 1. The van der Waals surface area contributed by atoms with Crippen molar-refractivity contribution < 1.29 is 8.42 Å². The van der Waals surface area contributed by atoms with Crippen molar-refractivity contribution in [2.75, 3.05) is 7.05 Å². The van der Waals surface area contributed by atoms with Crippen molar-refractivity contribution in [3.63, 3.8) is 0 Å². The van der Waals surface area contributed by atoms with Crippen molar-refractivity contribution in [3.8, 4) is 0 Å². The van der Waals surface area contributed by atoms with Crippen molar-refractivity contribution in [1.82, 2.24) is 14.3 Å². The van der Waals surface area contributed by atoms with Gasteiger partial charge in [-0.1, -0.05) is 6.92 Å². The number of nitrogens with one attached hydrogen (secondary N) is 1. The Morgan fingerprint density at radius 3 is 2.65 bits per heavy atom. The minimum Gasteiger partial charge on any atom is -0.332 e. The Morgan fingerprint density at radius 2 is 2.15 bits per heavy atom. The fourth-order valence-electron chi connectivity index (χ4n) is 1.87. The van der Waals surface area contributed by atoms with Gasteiger partial charge in [0.15, 0.2) is 5.03 Å². The molecule has 0 aliphatic heterocycles. The average molecular weight is 313 g/mol. The van der Waals surface area contributed by atoms with E-state index in [1.54, 1.807) is 18.4 Å². The number of sulfonamides is 1. The van der Waals surface area contributed by atoms with Crippen molar-refractivity contribution in [3.05, 3.63) is 33.9 Å². The van der Waals surface area contributed by atoms with Crippen LogP contribution in [-0.4, -0.2) is 29.7 Å². The van der Waals surface area contributed by atoms with Crippen molar-refractivity contribution in [1.29, 1.82) is 0 Å². The molecule has 0 amide bonds. The molecule has 2 rings (SSSR count). The van der Waals surface area contributed by atoms with Gasteiger partial charge in [-0.2, -0.15) is 4.31 Å². The maximum Gasteiger partial charge on any atom is 0.260 e. The van der Waals surface area contributed by atoms with Gasteiger partial charge in [-0.15, -0.1) is 11.3 Å². The molecule has 2 heterocycles. The smallest absolute Gasteiger partial charge is 0.260 e. The molecule has 1 unspecified atom stereocenters. The minimum atomic E-state index is -3.54. The Balaban J connectivity index is 2.28. The van der Waals surface area contributed by atoms with Crippen LogP contribution in [-0.2, 0) is 16.4 Å². The molecule has 0 spiro atoms. The SMILES string of the molecule is CCc1ncc(S(=O)(=O)N(C)C(C)c2ccc(C)s2)[nH]1. The largest absolute Gasteiger partial charge is 0.332 e. The predicted molar refractivity (Wildman–Crippen MR) is 80.4 cm³/mol. The lowest BCUT2D eigenvalue weighted by atomic mass is 10.3. The molecule has 2 aromatic heterocycles. The van der Waals surface area contributed by atoms with Gasteiger partial charge in [0.05, 0.1) is 12.2 Å². The van der Waals surface area contributed by atoms with Crippen LogP contribution in [0.1, 0.15) is 35.5 Å². The molecule has 2 aromatic rings. The van der Waals surface area contributed by atoms with Gasteiger partial charge in [0, 0.05) is 23.2 Å². The van der Waals surface area contributed by atoms with Gasteiger partial charge in [0.2, 0.25) is 0 Å². The van der Waals surface area contributed by atoms with Gasteiger partial charge in [-0.25, -0.2) is 13.4 Å². The normalized spacial score (nSPS) is 13.8. The van der Waals surface area contributed by atoms with Gasteiger partial charge in [-0.05, 0) is 26.0 Å². The molecule has 20 heavy (non-hydrogen) atoms. The number of aromatic amines is 1. The van der Waals surface area contributed by atoms with E-state index in [9.17, 15) is 8.42 Å². The molecular formula is C13H19N3O2S2. The summed E-state index contributed by atoms with van der Waals surface area (Å²) in [5.41, 5.74) is 0. The predicted octanol–water partition coefficient (Wildman–Crippen LogP) is 2.72. The second-order valence-electron chi connectivity index (χ2n) is 4.69. The Kier molecular flexibility index (Phi) is 4.31. The van der Waals surface area contributed by atoms with Crippen LogP contribution in [0.15, 0.2) is 23.4 Å². The third-order valence-corrected chi connectivity index (χ3v) is 6.32. The molecule has 0 aromatic carbocycles. The highest BCUT2D eigenvalue weighted by Crippen LogP contribution is 2.29. The van der Waals surface area contributed by atoms with Crippen LogP contribution in [0.5, 0.6) is 0 Å². The first-order valence-corrected chi connectivity index (χ1v) is 8.70. The van der Waals surface area contributed by atoms with Gasteiger partial charge in [0.25, 0.3) is 10.0 Å². The lowest BCUT2D eigenvalue weighted by Gasteiger charge is -2.22. The Morgan fingerprint density at radius 1 is 1.45 bits per heavy atom. The van der Waals surface area contributed by atoms with E-state index in [1.165, 1.54) is 15.4 Å². The standard InChI is InChI=1S/C13H19N3O2S2/c1-5-12-14-8-13(15-12)20(17,18)16(4)10(3)11-7-6-9(2)19-11/h6-8,10H,5H2,1-4H3,(H,14,15). The van der Waals surface area contributed by atoms with Crippen LogP contribution in [0.2, 0.25) is 0 Å². The third-order valence-electron chi connectivity index (χ3n) is 3.32. The van der Waals surface area contributed by atoms with Crippen LogP contribution in [0, 0.1) is 6.92 Å². The van der Waals surface area contributed by atoms with Crippen molar-refractivity contribution >= 4 is 21.4 Å². The van der Waals surface area contributed by atoms with Crippen LogP contribution >= 0.6 is 11.3 Å². The van der Waals surface area contributed by atoms with E-state index in [1.807, 2.05) is 32.9 Å². The summed E-state index contributed by atoms with van der Waals surface area (Å²) in [6.45, 7) is 5.83. The molecule has 7 heteroatoms. The highest BCUT2D eigenvalue weighted by atomic mass is 32.2. The van der Waals surface area contributed by atoms with Crippen LogP contribution < -0.4 is 0 Å². The van der Waals surface area contributed by atoms with E-state index in [2.05, 4.69) is 9.97 Å². The lowest BCUT2D eigenvalue weighted by Crippen LogP contribution is -2.29.